The molecule has 2 amide bonds. The first-order valence-corrected chi connectivity index (χ1v) is 11.9. The lowest BCUT2D eigenvalue weighted by molar-refractivity contribution is -0.145. The van der Waals surface area contributed by atoms with Crippen molar-refractivity contribution in [3.8, 4) is 5.69 Å². The first-order chi connectivity index (χ1) is 17.4. The molecule has 1 fully saturated rings. The van der Waals surface area contributed by atoms with Crippen LogP contribution in [0.3, 0.4) is 0 Å². The van der Waals surface area contributed by atoms with Gasteiger partial charge in [0.25, 0.3) is 11.8 Å². The minimum Gasteiger partial charge on any atom is -0.466 e. The fourth-order valence-electron chi connectivity index (χ4n) is 4.22. The van der Waals surface area contributed by atoms with E-state index in [2.05, 4.69) is 10.4 Å². The molecule has 1 atom stereocenters. The smallest absolute Gasteiger partial charge is 0.307 e. The molecule has 1 aromatic heterocycles. The molecule has 1 saturated heterocycles. The summed E-state index contributed by atoms with van der Waals surface area (Å²) in [7, 11) is 0. The zero-order valence-corrected chi connectivity index (χ0v) is 20.7. The van der Waals surface area contributed by atoms with E-state index in [0.29, 0.717) is 43.2 Å². The lowest BCUT2D eigenvalue weighted by atomic mass is 10.1. The summed E-state index contributed by atoms with van der Waals surface area (Å²) in [6.45, 7) is 7.07. The van der Waals surface area contributed by atoms with E-state index in [-0.39, 0.29) is 30.2 Å². The van der Waals surface area contributed by atoms with Gasteiger partial charge in [-0.05, 0) is 56.7 Å². The second-order valence-corrected chi connectivity index (χ2v) is 8.73. The number of nitrogens with zero attached hydrogens (tertiary/aromatic N) is 3. The van der Waals surface area contributed by atoms with Gasteiger partial charge in [-0.25, -0.2) is 4.68 Å². The SMILES string of the molecule is CCOC(=O)CC1COCCN1C(=O)c1ccc(-n2cc(NC(=O)c3ccc(C)cc3C)cn2)cc1. The van der Waals surface area contributed by atoms with E-state index in [1.54, 1.807) is 53.2 Å². The number of ether oxygens (including phenoxy) is 2. The summed E-state index contributed by atoms with van der Waals surface area (Å²) in [6, 6.07) is 12.4. The number of hydrogen-bond donors (Lipinski definition) is 1. The number of anilines is 1. The topological polar surface area (TPSA) is 103 Å². The zero-order chi connectivity index (χ0) is 25.7. The molecule has 3 aromatic rings. The Morgan fingerprint density at radius 1 is 1.14 bits per heavy atom. The summed E-state index contributed by atoms with van der Waals surface area (Å²) in [5.41, 5.74) is 4.43. The Morgan fingerprint density at radius 3 is 2.64 bits per heavy atom. The molecule has 2 heterocycles. The Hall–Kier alpha value is -3.98. The van der Waals surface area contributed by atoms with Crippen LogP contribution in [0.5, 0.6) is 0 Å². The Balaban J connectivity index is 1.43. The predicted molar refractivity (Wildman–Crippen MR) is 134 cm³/mol. The van der Waals surface area contributed by atoms with Crippen LogP contribution < -0.4 is 5.32 Å². The van der Waals surface area contributed by atoms with Gasteiger partial charge in [0.1, 0.15) is 0 Å². The zero-order valence-electron chi connectivity index (χ0n) is 20.7. The highest BCUT2D eigenvalue weighted by atomic mass is 16.5. The van der Waals surface area contributed by atoms with E-state index in [4.69, 9.17) is 9.47 Å². The van der Waals surface area contributed by atoms with Gasteiger partial charge in [0.05, 0.1) is 56.1 Å². The number of aryl methyl sites for hydroxylation is 2. The number of carbonyl (C=O) groups excluding carboxylic acids is 3. The third-order valence-corrected chi connectivity index (χ3v) is 6.04. The van der Waals surface area contributed by atoms with Gasteiger partial charge < -0.3 is 19.7 Å². The van der Waals surface area contributed by atoms with Gasteiger partial charge in [-0.1, -0.05) is 17.7 Å². The molecule has 0 spiro atoms. The van der Waals surface area contributed by atoms with Crippen molar-refractivity contribution >= 4 is 23.5 Å². The van der Waals surface area contributed by atoms with Gasteiger partial charge in [0.2, 0.25) is 0 Å². The van der Waals surface area contributed by atoms with Crippen molar-refractivity contribution in [3.05, 3.63) is 77.1 Å². The van der Waals surface area contributed by atoms with Crippen molar-refractivity contribution in [2.45, 2.75) is 33.2 Å². The number of benzene rings is 2. The van der Waals surface area contributed by atoms with Gasteiger partial charge in [-0.2, -0.15) is 5.10 Å². The first-order valence-electron chi connectivity index (χ1n) is 11.9. The Kier molecular flexibility index (Phi) is 7.80. The Morgan fingerprint density at radius 2 is 1.92 bits per heavy atom. The molecule has 9 heteroatoms. The van der Waals surface area contributed by atoms with Crippen LogP contribution >= 0.6 is 0 Å². The average molecular weight is 491 g/mol. The number of aromatic nitrogens is 2. The van der Waals surface area contributed by atoms with E-state index in [0.717, 1.165) is 16.8 Å². The van der Waals surface area contributed by atoms with Crippen molar-refractivity contribution < 1.29 is 23.9 Å². The van der Waals surface area contributed by atoms with E-state index < -0.39 is 0 Å². The monoisotopic (exact) mass is 490 g/mol. The van der Waals surface area contributed by atoms with Crippen molar-refractivity contribution in [1.82, 2.24) is 14.7 Å². The molecule has 1 N–H and O–H groups in total. The predicted octanol–water partition coefficient (Wildman–Crippen LogP) is 3.54. The van der Waals surface area contributed by atoms with Crippen LogP contribution in [-0.2, 0) is 14.3 Å². The number of nitrogens with one attached hydrogen (secondary N) is 1. The Labute approximate surface area is 210 Å². The van der Waals surface area contributed by atoms with Crippen molar-refractivity contribution in [2.75, 3.05) is 31.7 Å². The lowest BCUT2D eigenvalue weighted by Crippen LogP contribution is -2.49. The summed E-state index contributed by atoms with van der Waals surface area (Å²) >= 11 is 0. The second kappa shape index (κ2) is 11.2. The largest absolute Gasteiger partial charge is 0.466 e. The number of rotatable bonds is 7. The number of hydrogen-bond acceptors (Lipinski definition) is 6. The third-order valence-electron chi connectivity index (χ3n) is 6.04. The number of morpholine rings is 1. The molecule has 1 aliphatic rings. The molecule has 36 heavy (non-hydrogen) atoms. The minimum atomic E-state index is -0.362. The average Bonchev–Trinajstić information content (AvgIpc) is 3.32. The lowest BCUT2D eigenvalue weighted by Gasteiger charge is -2.35. The number of esters is 1. The summed E-state index contributed by atoms with van der Waals surface area (Å²) in [5.74, 6) is -0.711. The summed E-state index contributed by atoms with van der Waals surface area (Å²) in [6.07, 6.45) is 3.39. The van der Waals surface area contributed by atoms with Crippen LogP contribution in [0.1, 0.15) is 45.2 Å². The van der Waals surface area contributed by atoms with Crippen molar-refractivity contribution in [2.24, 2.45) is 0 Å². The highest BCUT2D eigenvalue weighted by Gasteiger charge is 2.30. The van der Waals surface area contributed by atoms with Gasteiger partial charge in [-0.3, -0.25) is 14.4 Å². The molecule has 188 valence electrons. The standard InChI is InChI=1S/C27H30N4O5/c1-4-36-25(32)14-23-17-35-12-11-30(23)27(34)20-6-8-22(9-7-20)31-16-21(15-28-31)29-26(33)24-10-5-18(2)13-19(24)3/h5-10,13,15-16,23H,4,11-12,14,17H2,1-3H3,(H,29,33). The summed E-state index contributed by atoms with van der Waals surface area (Å²) < 4.78 is 12.1. The van der Waals surface area contributed by atoms with Crippen LogP contribution in [0, 0.1) is 13.8 Å². The van der Waals surface area contributed by atoms with Crippen LogP contribution in [0.25, 0.3) is 5.69 Å². The molecule has 0 radical (unpaired) electrons. The second-order valence-electron chi connectivity index (χ2n) is 8.73. The van der Waals surface area contributed by atoms with E-state index >= 15 is 0 Å². The van der Waals surface area contributed by atoms with Gasteiger partial charge in [0, 0.05) is 17.7 Å². The normalized spacial score (nSPS) is 15.4. The van der Waals surface area contributed by atoms with E-state index in [9.17, 15) is 14.4 Å². The maximum absolute atomic E-state index is 13.2. The van der Waals surface area contributed by atoms with Gasteiger partial charge in [-0.15, -0.1) is 0 Å². The van der Waals surface area contributed by atoms with Crippen LogP contribution in [0.4, 0.5) is 5.69 Å². The first kappa shape index (κ1) is 25.1. The molecule has 1 aliphatic heterocycles. The highest BCUT2D eigenvalue weighted by Crippen LogP contribution is 2.19. The van der Waals surface area contributed by atoms with E-state index in [1.165, 1.54) is 0 Å². The Bertz CT molecular complexity index is 1250. The van der Waals surface area contributed by atoms with Gasteiger partial charge >= 0.3 is 5.97 Å². The molecule has 0 aliphatic carbocycles. The number of amides is 2. The van der Waals surface area contributed by atoms with Crippen molar-refractivity contribution in [1.29, 1.82) is 0 Å². The summed E-state index contributed by atoms with van der Waals surface area (Å²) in [4.78, 5) is 39.4. The molecule has 0 bridgehead atoms. The molecule has 2 aromatic carbocycles. The van der Waals surface area contributed by atoms with Crippen LogP contribution in [0.2, 0.25) is 0 Å². The quantitative estimate of drug-likeness (QED) is 0.509. The molecular formula is C27H30N4O5. The van der Waals surface area contributed by atoms with Gasteiger partial charge in [0.15, 0.2) is 0 Å². The molecular weight excluding hydrogens is 460 g/mol. The fourth-order valence-corrected chi connectivity index (χ4v) is 4.22. The van der Waals surface area contributed by atoms with Crippen LogP contribution in [-0.4, -0.2) is 64.9 Å². The fraction of sp³-hybridized carbons (Fsp3) is 0.333. The molecule has 0 saturated carbocycles. The van der Waals surface area contributed by atoms with E-state index in [1.807, 2.05) is 32.0 Å². The highest BCUT2D eigenvalue weighted by molar-refractivity contribution is 6.05. The number of carbonyl (C=O) groups is 3. The summed E-state index contributed by atoms with van der Waals surface area (Å²) in [5, 5.41) is 7.21. The van der Waals surface area contributed by atoms with Crippen molar-refractivity contribution in [3.63, 3.8) is 0 Å². The third kappa shape index (κ3) is 5.80. The molecule has 4 rings (SSSR count). The maximum Gasteiger partial charge on any atom is 0.307 e. The molecule has 9 nitrogen and oxygen atoms in total. The maximum atomic E-state index is 13.2. The molecule has 1 unspecified atom stereocenters. The minimum absolute atomic E-state index is 0.0988. The van der Waals surface area contributed by atoms with Crippen LogP contribution in [0.15, 0.2) is 54.9 Å².